The second-order valence-corrected chi connectivity index (χ2v) is 5.51. The van der Waals surface area contributed by atoms with Crippen LogP contribution in [0.15, 0.2) is 0 Å². The van der Waals surface area contributed by atoms with Gasteiger partial charge in [0.25, 0.3) is 0 Å². The summed E-state index contributed by atoms with van der Waals surface area (Å²) in [6.45, 7) is 1.99. The predicted molar refractivity (Wildman–Crippen MR) is 73.9 cm³/mol. The third kappa shape index (κ3) is 4.40. The zero-order valence-corrected chi connectivity index (χ0v) is 13.0. The number of alkyl halides is 4. The standard InChI is InChI=1S/C11H14F4IN3O/c1-5(2)8-7(16)9(17)19-6(18-8)3-20-4-11(14,15)10(12)13/h5,10H,3-4H2,1-2H3,(H2,17,18,19). The number of nitrogens with zero attached hydrogens (tertiary/aromatic N) is 2. The number of halogens is 5. The first-order valence-corrected chi connectivity index (χ1v) is 6.78. The Kier molecular flexibility index (Phi) is 5.92. The van der Waals surface area contributed by atoms with Crippen LogP contribution >= 0.6 is 22.6 Å². The highest BCUT2D eigenvalue weighted by Crippen LogP contribution is 2.25. The van der Waals surface area contributed by atoms with Gasteiger partial charge in [0.15, 0.2) is 5.82 Å². The molecule has 9 heteroatoms. The van der Waals surface area contributed by atoms with Crippen LogP contribution in [0.1, 0.15) is 31.3 Å². The number of nitrogen functional groups attached to an aromatic ring is 1. The van der Waals surface area contributed by atoms with E-state index in [0.29, 0.717) is 9.26 Å². The fourth-order valence-corrected chi connectivity index (χ4v) is 2.18. The van der Waals surface area contributed by atoms with Gasteiger partial charge in [0.1, 0.15) is 19.0 Å². The summed E-state index contributed by atoms with van der Waals surface area (Å²) in [6.07, 6.45) is -3.77. The van der Waals surface area contributed by atoms with Gasteiger partial charge in [-0.2, -0.15) is 8.78 Å². The lowest BCUT2D eigenvalue weighted by Gasteiger charge is -2.15. The van der Waals surface area contributed by atoms with Crippen molar-refractivity contribution in [3.05, 3.63) is 15.1 Å². The Morgan fingerprint density at radius 1 is 1.30 bits per heavy atom. The van der Waals surface area contributed by atoms with Crippen LogP contribution < -0.4 is 5.73 Å². The molecule has 0 saturated carbocycles. The van der Waals surface area contributed by atoms with E-state index in [-0.39, 0.29) is 17.6 Å². The van der Waals surface area contributed by atoms with Crippen LogP contribution in [0.3, 0.4) is 0 Å². The maximum absolute atomic E-state index is 12.7. The van der Waals surface area contributed by atoms with Crippen molar-refractivity contribution >= 4 is 28.4 Å². The number of rotatable bonds is 6. The highest BCUT2D eigenvalue weighted by Gasteiger charge is 2.41. The van der Waals surface area contributed by atoms with Gasteiger partial charge in [0.05, 0.1) is 9.26 Å². The van der Waals surface area contributed by atoms with E-state index >= 15 is 0 Å². The lowest BCUT2D eigenvalue weighted by molar-refractivity contribution is -0.168. The fraction of sp³-hybridized carbons (Fsp3) is 0.636. The van der Waals surface area contributed by atoms with Crippen molar-refractivity contribution in [1.29, 1.82) is 0 Å². The molecule has 0 bridgehead atoms. The highest BCUT2D eigenvalue weighted by atomic mass is 127. The molecule has 4 nitrogen and oxygen atoms in total. The molecule has 1 heterocycles. The van der Waals surface area contributed by atoms with Crippen LogP contribution in [0.25, 0.3) is 0 Å². The summed E-state index contributed by atoms with van der Waals surface area (Å²) in [6, 6.07) is 0. The average Bonchev–Trinajstić information content (AvgIpc) is 2.32. The van der Waals surface area contributed by atoms with Crippen LogP contribution in [-0.2, 0) is 11.3 Å². The molecule has 0 saturated heterocycles. The van der Waals surface area contributed by atoms with Crippen LogP contribution in [0.2, 0.25) is 0 Å². The van der Waals surface area contributed by atoms with Crippen LogP contribution in [0, 0.1) is 3.57 Å². The Bertz CT molecular complexity index is 471. The minimum absolute atomic E-state index is 0.0634. The summed E-state index contributed by atoms with van der Waals surface area (Å²) in [5.74, 6) is -3.82. The van der Waals surface area contributed by atoms with Crippen molar-refractivity contribution in [2.24, 2.45) is 0 Å². The van der Waals surface area contributed by atoms with Crippen molar-refractivity contribution in [1.82, 2.24) is 9.97 Å². The topological polar surface area (TPSA) is 61.0 Å². The van der Waals surface area contributed by atoms with E-state index in [0.717, 1.165) is 0 Å². The number of aromatic nitrogens is 2. The lowest BCUT2D eigenvalue weighted by atomic mass is 10.1. The maximum atomic E-state index is 12.7. The van der Waals surface area contributed by atoms with E-state index in [4.69, 9.17) is 5.73 Å². The van der Waals surface area contributed by atoms with Crippen molar-refractivity contribution in [2.75, 3.05) is 12.3 Å². The molecule has 0 aliphatic rings. The number of hydrogen-bond acceptors (Lipinski definition) is 4. The summed E-state index contributed by atoms with van der Waals surface area (Å²) in [4.78, 5) is 8.02. The van der Waals surface area contributed by atoms with Crippen molar-refractivity contribution in [3.63, 3.8) is 0 Å². The van der Waals surface area contributed by atoms with Gasteiger partial charge in [-0.3, -0.25) is 0 Å². The molecule has 0 amide bonds. The normalized spacial score (nSPS) is 12.4. The molecule has 114 valence electrons. The van der Waals surface area contributed by atoms with Gasteiger partial charge in [0.2, 0.25) is 0 Å². The van der Waals surface area contributed by atoms with E-state index in [1.54, 1.807) is 0 Å². The van der Waals surface area contributed by atoms with E-state index in [9.17, 15) is 17.6 Å². The minimum Gasteiger partial charge on any atom is -0.383 e. The summed E-state index contributed by atoms with van der Waals surface area (Å²) < 4.78 is 54.4. The van der Waals surface area contributed by atoms with Gasteiger partial charge in [-0.25, -0.2) is 18.7 Å². The highest BCUT2D eigenvalue weighted by molar-refractivity contribution is 14.1. The summed E-state index contributed by atoms with van der Waals surface area (Å²) in [5, 5.41) is 0. The van der Waals surface area contributed by atoms with Crippen LogP contribution in [0.5, 0.6) is 0 Å². The predicted octanol–water partition coefficient (Wildman–Crippen LogP) is 3.20. The maximum Gasteiger partial charge on any atom is 0.330 e. The van der Waals surface area contributed by atoms with Gasteiger partial charge in [-0.1, -0.05) is 13.8 Å². The zero-order chi connectivity index (χ0) is 15.5. The van der Waals surface area contributed by atoms with E-state index in [1.807, 2.05) is 36.4 Å². The van der Waals surface area contributed by atoms with Gasteiger partial charge < -0.3 is 10.5 Å². The monoisotopic (exact) mass is 407 g/mol. The molecular weight excluding hydrogens is 393 g/mol. The fourth-order valence-electron chi connectivity index (χ4n) is 1.32. The van der Waals surface area contributed by atoms with Gasteiger partial charge in [-0.15, -0.1) is 0 Å². The molecule has 2 N–H and O–H groups in total. The Morgan fingerprint density at radius 2 is 1.90 bits per heavy atom. The number of nitrogens with two attached hydrogens (primary N) is 1. The molecule has 0 fully saturated rings. The summed E-state index contributed by atoms with van der Waals surface area (Å²) in [7, 11) is 0. The Balaban J connectivity index is 2.75. The first-order chi connectivity index (χ1) is 9.15. The number of anilines is 1. The summed E-state index contributed by atoms with van der Waals surface area (Å²) >= 11 is 1.99. The molecule has 0 atom stereocenters. The molecule has 0 aliphatic heterocycles. The Morgan fingerprint density at radius 3 is 2.40 bits per heavy atom. The molecular formula is C11H14F4IN3O. The lowest BCUT2D eigenvalue weighted by Crippen LogP contribution is -2.32. The molecule has 1 aromatic heterocycles. The van der Waals surface area contributed by atoms with Crippen LogP contribution in [0.4, 0.5) is 23.4 Å². The van der Waals surface area contributed by atoms with Crippen LogP contribution in [-0.4, -0.2) is 28.9 Å². The minimum atomic E-state index is -4.18. The molecule has 0 aromatic carbocycles. The second-order valence-electron chi connectivity index (χ2n) is 4.43. The Labute approximate surface area is 127 Å². The molecule has 20 heavy (non-hydrogen) atoms. The third-order valence-electron chi connectivity index (χ3n) is 2.34. The van der Waals surface area contributed by atoms with Crippen molar-refractivity contribution in [2.45, 2.75) is 38.7 Å². The first kappa shape index (κ1) is 17.3. The van der Waals surface area contributed by atoms with Gasteiger partial charge in [0, 0.05) is 0 Å². The second kappa shape index (κ2) is 6.83. The smallest absolute Gasteiger partial charge is 0.330 e. The number of ether oxygens (including phenoxy) is 1. The zero-order valence-electron chi connectivity index (χ0n) is 10.8. The molecule has 0 radical (unpaired) electrons. The molecule has 1 aromatic rings. The first-order valence-electron chi connectivity index (χ1n) is 5.70. The quantitative estimate of drug-likeness (QED) is 0.582. The summed E-state index contributed by atoms with van der Waals surface area (Å²) in [5.41, 5.74) is 6.35. The molecule has 0 unspecified atom stereocenters. The van der Waals surface area contributed by atoms with Gasteiger partial charge >= 0.3 is 12.3 Å². The molecule has 0 aliphatic carbocycles. The van der Waals surface area contributed by atoms with E-state index in [1.165, 1.54) is 0 Å². The molecule has 1 rings (SSSR count). The van der Waals surface area contributed by atoms with Crippen molar-refractivity contribution in [3.8, 4) is 0 Å². The SMILES string of the molecule is CC(C)c1nc(COCC(F)(F)C(F)F)nc(N)c1I. The molecule has 0 spiro atoms. The average molecular weight is 407 g/mol. The number of hydrogen-bond donors (Lipinski definition) is 1. The van der Waals surface area contributed by atoms with Crippen molar-refractivity contribution < 1.29 is 22.3 Å². The third-order valence-corrected chi connectivity index (χ3v) is 3.45. The van der Waals surface area contributed by atoms with E-state index < -0.39 is 25.6 Å². The van der Waals surface area contributed by atoms with E-state index in [2.05, 4.69) is 14.7 Å². The largest absolute Gasteiger partial charge is 0.383 e. The van der Waals surface area contributed by atoms with Gasteiger partial charge in [-0.05, 0) is 28.5 Å². The Hall–Kier alpha value is -0.710.